The van der Waals surface area contributed by atoms with Gasteiger partial charge in [-0.25, -0.2) is 0 Å². The van der Waals surface area contributed by atoms with E-state index in [-0.39, 0.29) is 0 Å². The molecule has 1 saturated carbocycles. The fraction of sp³-hybridized carbons (Fsp3) is 0.235. The number of fused-ring (bicyclic) bond motifs is 2. The van der Waals surface area contributed by atoms with Crippen molar-refractivity contribution >= 4 is 28.9 Å². The second kappa shape index (κ2) is 4.67. The van der Waals surface area contributed by atoms with E-state index in [2.05, 4.69) is 41.3 Å². The molecule has 3 heteroatoms. The molecule has 0 atom stereocenters. The van der Waals surface area contributed by atoms with Crippen LogP contribution >= 0.6 is 11.8 Å². The van der Waals surface area contributed by atoms with Gasteiger partial charge in [-0.2, -0.15) is 0 Å². The minimum Gasteiger partial charge on any atom is -0.332 e. The molecule has 0 saturated heterocycles. The first-order valence-electron chi connectivity index (χ1n) is 6.99. The zero-order valence-electron chi connectivity index (χ0n) is 11.1. The van der Waals surface area contributed by atoms with E-state index in [4.69, 9.17) is 0 Å². The molecule has 100 valence electrons. The maximum atomic E-state index is 12.2. The van der Waals surface area contributed by atoms with Gasteiger partial charge >= 0.3 is 0 Å². The number of hydrogen-bond acceptors (Lipinski definition) is 3. The molecule has 4 rings (SSSR count). The highest BCUT2D eigenvalue weighted by atomic mass is 32.2. The van der Waals surface area contributed by atoms with Gasteiger partial charge in [-0.1, -0.05) is 36.0 Å². The molecule has 0 aromatic heterocycles. The first kappa shape index (κ1) is 12.0. The summed E-state index contributed by atoms with van der Waals surface area (Å²) in [6, 6.07) is 16.7. The zero-order valence-corrected chi connectivity index (χ0v) is 11.9. The second-order valence-corrected chi connectivity index (χ2v) is 6.45. The Balaban J connectivity index is 1.77. The van der Waals surface area contributed by atoms with Crippen LogP contribution in [-0.2, 0) is 4.79 Å². The smallest absolute Gasteiger partial charge is 0.155 e. The van der Waals surface area contributed by atoms with Gasteiger partial charge in [-0.15, -0.1) is 0 Å². The van der Waals surface area contributed by atoms with Crippen molar-refractivity contribution in [3.8, 4) is 0 Å². The van der Waals surface area contributed by atoms with Crippen LogP contribution < -0.4 is 4.90 Å². The fourth-order valence-corrected chi connectivity index (χ4v) is 3.74. The van der Waals surface area contributed by atoms with Crippen molar-refractivity contribution < 1.29 is 4.79 Å². The highest BCUT2D eigenvalue weighted by Crippen LogP contribution is 2.48. The topological polar surface area (TPSA) is 20.3 Å². The van der Waals surface area contributed by atoms with Crippen LogP contribution in [0.2, 0.25) is 0 Å². The van der Waals surface area contributed by atoms with Crippen molar-refractivity contribution in [1.82, 2.24) is 0 Å². The summed E-state index contributed by atoms with van der Waals surface area (Å²) in [4.78, 5) is 16.9. The third kappa shape index (κ3) is 2.02. The normalized spacial score (nSPS) is 16.5. The van der Waals surface area contributed by atoms with E-state index in [9.17, 15) is 4.79 Å². The van der Waals surface area contributed by atoms with Crippen molar-refractivity contribution in [1.29, 1.82) is 0 Å². The lowest BCUT2D eigenvalue weighted by atomic mass is 10.2. The molecule has 0 unspecified atom stereocenters. The first-order valence-corrected chi connectivity index (χ1v) is 7.81. The molecule has 2 aliphatic rings. The molecular formula is C17H15NOS. The molecule has 20 heavy (non-hydrogen) atoms. The van der Waals surface area contributed by atoms with Crippen LogP contribution in [0.25, 0.3) is 0 Å². The highest BCUT2D eigenvalue weighted by molar-refractivity contribution is 7.99. The summed E-state index contributed by atoms with van der Waals surface area (Å²) in [5, 5.41) is 0. The minimum absolute atomic E-state index is 0.309. The Bertz CT molecular complexity index is 633. The van der Waals surface area contributed by atoms with E-state index in [1.54, 1.807) is 11.8 Å². The predicted octanol–water partition coefficient (Wildman–Crippen LogP) is 4.27. The van der Waals surface area contributed by atoms with E-state index in [0.29, 0.717) is 18.2 Å². The molecule has 2 aromatic carbocycles. The number of carbonyl (C=O) groups excluding carboxylic acids is 1. The lowest BCUT2D eigenvalue weighted by molar-refractivity contribution is -0.118. The van der Waals surface area contributed by atoms with Gasteiger partial charge in [0.1, 0.15) is 0 Å². The van der Waals surface area contributed by atoms with Gasteiger partial charge < -0.3 is 4.90 Å². The number of benzene rings is 2. The van der Waals surface area contributed by atoms with Crippen LogP contribution in [0.3, 0.4) is 0 Å². The maximum absolute atomic E-state index is 12.2. The van der Waals surface area contributed by atoms with Gasteiger partial charge in [0, 0.05) is 15.7 Å². The van der Waals surface area contributed by atoms with E-state index in [0.717, 1.165) is 24.2 Å². The summed E-state index contributed by atoms with van der Waals surface area (Å²) in [7, 11) is 0. The molecule has 1 fully saturated rings. The Morgan fingerprint density at radius 3 is 2.10 bits per heavy atom. The van der Waals surface area contributed by atoms with E-state index >= 15 is 0 Å². The number of anilines is 2. The fourth-order valence-electron chi connectivity index (χ4n) is 2.64. The van der Waals surface area contributed by atoms with E-state index in [1.807, 2.05) is 12.1 Å². The summed E-state index contributed by atoms with van der Waals surface area (Å²) in [5.74, 6) is 0.686. The number of rotatable bonds is 3. The second-order valence-electron chi connectivity index (χ2n) is 5.36. The molecular weight excluding hydrogens is 266 g/mol. The van der Waals surface area contributed by atoms with Gasteiger partial charge in [0.15, 0.2) is 5.78 Å². The summed E-state index contributed by atoms with van der Waals surface area (Å²) in [6.45, 7) is 0.499. The van der Waals surface area contributed by atoms with Crippen LogP contribution in [0.5, 0.6) is 0 Å². The van der Waals surface area contributed by atoms with Crippen LogP contribution in [-0.4, -0.2) is 12.3 Å². The van der Waals surface area contributed by atoms with Crippen molar-refractivity contribution in [2.75, 3.05) is 11.4 Å². The number of hydrogen-bond donors (Lipinski definition) is 0. The highest BCUT2D eigenvalue weighted by Gasteiger charge is 2.32. The lowest BCUT2D eigenvalue weighted by Gasteiger charge is -2.32. The minimum atomic E-state index is 0.309. The molecule has 0 N–H and O–H groups in total. The number of nitrogens with zero attached hydrogens (tertiary/aromatic N) is 1. The SMILES string of the molecule is O=C(CN1c2ccccc2Sc2ccccc21)C1CC1. The predicted molar refractivity (Wildman–Crippen MR) is 81.7 cm³/mol. The summed E-state index contributed by atoms with van der Waals surface area (Å²) < 4.78 is 0. The molecule has 1 heterocycles. The summed E-state index contributed by atoms with van der Waals surface area (Å²) in [6.07, 6.45) is 2.15. The van der Waals surface area contributed by atoms with Gasteiger partial charge in [0.25, 0.3) is 0 Å². The number of carbonyl (C=O) groups is 1. The van der Waals surface area contributed by atoms with Gasteiger partial charge in [-0.05, 0) is 37.1 Å². The van der Waals surface area contributed by atoms with Crippen molar-refractivity contribution in [3.05, 3.63) is 48.5 Å². The number of Topliss-reactive ketones (excluding diaryl/α,β-unsaturated/α-hetero) is 1. The van der Waals surface area contributed by atoms with Gasteiger partial charge in [0.2, 0.25) is 0 Å². The van der Waals surface area contributed by atoms with Crippen molar-refractivity contribution in [3.63, 3.8) is 0 Å². The van der Waals surface area contributed by atoms with E-state index in [1.165, 1.54) is 9.79 Å². The largest absolute Gasteiger partial charge is 0.332 e. The standard InChI is InChI=1S/C17H15NOS/c19-15(12-9-10-12)11-18-13-5-1-3-7-16(13)20-17-8-4-2-6-14(17)18/h1-8,12H,9-11H2. The maximum Gasteiger partial charge on any atom is 0.155 e. The van der Waals surface area contributed by atoms with Crippen molar-refractivity contribution in [2.45, 2.75) is 22.6 Å². The first-order chi connectivity index (χ1) is 9.83. The van der Waals surface area contributed by atoms with Crippen LogP contribution in [0, 0.1) is 5.92 Å². The molecule has 0 radical (unpaired) electrons. The summed E-state index contributed by atoms with van der Waals surface area (Å²) in [5.41, 5.74) is 2.32. The van der Waals surface area contributed by atoms with Crippen LogP contribution in [0.4, 0.5) is 11.4 Å². The Kier molecular flexibility index (Phi) is 2.81. The average Bonchev–Trinajstić information content (AvgIpc) is 3.31. The molecule has 1 aliphatic carbocycles. The third-order valence-corrected chi connectivity index (χ3v) is 5.01. The Hall–Kier alpha value is -1.74. The van der Waals surface area contributed by atoms with Crippen LogP contribution in [0.15, 0.2) is 58.3 Å². The van der Waals surface area contributed by atoms with Crippen molar-refractivity contribution in [2.24, 2.45) is 5.92 Å². The average molecular weight is 281 g/mol. The molecule has 2 aromatic rings. The number of para-hydroxylation sites is 2. The molecule has 0 spiro atoms. The molecule has 0 amide bonds. The van der Waals surface area contributed by atoms with Gasteiger partial charge in [0.05, 0.1) is 17.9 Å². The Labute approximate surface area is 122 Å². The quantitative estimate of drug-likeness (QED) is 0.838. The summed E-state index contributed by atoms with van der Waals surface area (Å²) >= 11 is 1.78. The van der Waals surface area contributed by atoms with Gasteiger partial charge in [-0.3, -0.25) is 4.79 Å². The van der Waals surface area contributed by atoms with E-state index < -0.39 is 0 Å². The molecule has 2 nitrogen and oxygen atoms in total. The number of ketones is 1. The third-order valence-electron chi connectivity index (χ3n) is 3.88. The Morgan fingerprint density at radius 1 is 1.00 bits per heavy atom. The van der Waals surface area contributed by atoms with Crippen LogP contribution in [0.1, 0.15) is 12.8 Å². The monoisotopic (exact) mass is 281 g/mol. The molecule has 0 bridgehead atoms. The molecule has 1 aliphatic heterocycles. The zero-order chi connectivity index (χ0) is 13.5. The lowest BCUT2D eigenvalue weighted by Crippen LogP contribution is -2.28. The Morgan fingerprint density at radius 2 is 1.55 bits per heavy atom.